The molecule has 0 spiro atoms. The second kappa shape index (κ2) is 7.84. The zero-order valence-electron chi connectivity index (χ0n) is 15.8. The Labute approximate surface area is 177 Å². The van der Waals surface area contributed by atoms with Gasteiger partial charge in [0, 0.05) is 30.3 Å². The fourth-order valence-corrected chi connectivity index (χ4v) is 4.60. The molecule has 4 aromatic rings. The van der Waals surface area contributed by atoms with Crippen molar-refractivity contribution in [1.82, 2.24) is 19.7 Å². The van der Waals surface area contributed by atoms with Gasteiger partial charge in [-0.2, -0.15) is 0 Å². The molecule has 0 fully saturated rings. The number of aryl methyl sites for hydroxylation is 2. The van der Waals surface area contributed by atoms with Gasteiger partial charge < -0.3 is 14.9 Å². The number of thiazole rings is 2. The molecule has 4 rings (SSSR count). The van der Waals surface area contributed by atoms with Crippen molar-refractivity contribution < 1.29 is 24.1 Å². The number of aromatic nitrogens is 4. The fourth-order valence-electron chi connectivity index (χ4n) is 2.76. The van der Waals surface area contributed by atoms with E-state index in [0.29, 0.717) is 16.6 Å². The summed E-state index contributed by atoms with van der Waals surface area (Å²) >= 11 is 2.60. The zero-order chi connectivity index (χ0) is 21.4. The van der Waals surface area contributed by atoms with E-state index in [1.807, 2.05) is 6.92 Å². The molecule has 3 heterocycles. The quantitative estimate of drug-likeness (QED) is 0.459. The molecular formula is C19H15FN4O4S2. The maximum atomic E-state index is 14.4. The van der Waals surface area contributed by atoms with Gasteiger partial charge in [0.15, 0.2) is 0 Å². The van der Waals surface area contributed by atoms with Crippen LogP contribution >= 0.6 is 22.7 Å². The number of halogens is 1. The molecule has 0 radical (unpaired) electrons. The van der Waals surface area contributed by atoms with E-state index in [1.165, 1.54) is 22.7 Å². The molecular weight excluding hydrogens is 431 g/mol. The lowest BCUT2D eigenvalue weighted by Crippen LogP contribution is -1.98. The van der Waals surface area contributed by atoms with Crippen molar-refractivity contribution >= 4 is 28.6 Å². The summed E-state index contributed by atoms with van der Waals surface area (Å²) in [6.45, 7) is 2.11. The Morgan fingerprint density at radius 3 is 2.83 bits per heavy atom. The van der Waals surface area contributed by atoms with Crippen LogP contribution in [0.4, 0.5) is 4.39 Å². The van der Waals surface area contributed by atoms with E-state index in [-0.39, 0.29) is 12.2 Å². The average Bonchev–Trinajstić information content (AvgIpc) is 3.41. The molecule has 3 aromatic heterocycles. The van der Waals surface area contributed by atoms with Crippen LogP contribution in [-0.2, 0) is 13.7 Å². The molecule has 0 aliphatic carbocycles. The molecule has 1 aromatic carbocycles. The molecule has 0 amide bonds. The average molecular weight is 446 g/mol. The lowest BCUT2D eigenvalue weighted by molar-refractivity contribution is 0.0693. The summed E-state index contributed by atoms with van der Waals surface area (Å²) in [7, 11) is 1.80. The van der Waals surface area contributed by atoms with Crippen LogP contribution in [0.2, 0.25) is 0 Å². The zero-order valence-corrected chi connectivity index (χ0v) is 17.4. The molecule has 0 aliphatic rings. The number of aromatic hydroxyl groups is 1. The Balaban J connectivity index is 1.58. The lowest BCUT2D eigenvalue weighted by Gasteiger charge is -2.04. The first-order chi connectivity index (χ1) is 14.3. The highest BCUT2D eigenvalue weighted by Crippen LogP contribution is 2.36. The first-order valence-corrected chi connectivity index (χ1v) is 10.3. The van der Waals surface area contributed by atoms with Gasteiger partial charge in [-0.1, -0.05) is 0 Å². The third-order valence-corrected chi connectivity index (χ3v) is 6.19. The van der Waals surface area contributed by atoms with Gasteiger partial charge in [-0.25, -0.2) is 19.2 Å². The van der Waals surface area contributed by atoms with E-state index < -0.39 is 23.1 Å². The van der Waals surface area contributed by atoms with E-state index >= 15 is 0 Å². The molecule has 0 bridgehead atoms. The lowest BCUT2D eigenvalue weighted by atomic mass is 10.1. The molecule has 0 aliphatic heterocycles. The summed E-state index contributed by atoms with van der Waals surface area (Å²) in [4.78, 5) is 20.8. The van der Waals surface area contributed by atoms with Crippen LogP contribution in [0.5, 0.6) is 11.6 Å². The van der Waals surface area contributed by atoms with E-state index in [2.05, 4.69) is 15.1 Å². The normalized spacial score (nSPS) is 11.0. The minimum Gasteiger partial charge on any atom is -0.507 e. The van der Waals surface area contributed by atoms with Gasteiger partial charge >= 0.3 is 5.97 Å². The number of carboxylic acids is 1. The summed E-state index contributed by atoms with van der Waals surface area (Å²) in [6, 6.07) is 3.62. The van der Waals surface area contributed by atoms with E-state index in [1.54, 1.807) is 29.4 Å². The van der Waals surface area contributed by atoms with Gasteiger partial charge in [0.1, 0.15) is 33.8 Å². The summed E-state index contributed by atoms with van der Waals surface area (Å²) in [5, 5.41) is 25.9. The third-order valence-electron chi connectivity index (χ3n) is 4.16. The first-order valence-electron chi connectivity index (χ1n) is 8.62. The van der Waals surface area contributed by atoms with Crippen molar-refractivity contribution in [2.45, 2.75) is 13.5 Å². The van der Waals surface area contributed by atoms with Crippen molar-refractivity contribution in [3.63, 3.8) is 0 Å². The highest BCUT2D eigenvalue weighted by Gasteiger charge is 2.19. The van der Waals surface area contributed by atoms with Crippen molar-refractivity contribution in [1.29, 1.82) is 0 Å². The van der Waals surface area contributed by atoms with Crippen LogP contribution in [0.25, 0.3) is 21.1 Å². The first kappa shape index (κ1) is 20.0. The van der Waals surface area contributed by atoms with Crippen LogP contribution < -0.4 is 4.74 Å². The van der Waals surface area contributed by atoms with Gasteiger partial charge in [0.05, 0.1) is 16.3 Å². The van der Waals surface area contributed by atoms with E-state index in [4.69, 9.17) is 9.84 Å². The molecule has 0 saturated heterocycles. The van der Waals surface area contributed by atoms with Crippen LogP contribution in [0.15, 0.2) is 29.8 Å². The molecule has 2 N–H and O–H groups in total. The maximum Gasteiger partial charge on any atom is 0.339 e. The number of phenols is 1. The number of ether oxygens (including phenoxy) is 1. The predicted molar refractivity (Wildman–Crippen MR) is 110 cm³/mol. The molecule has 0 atom stereocenters. The van der Waals surface area contributed by atoms with Crippen molar-refractivity contribution in [2.75, 3.05) is 0 Å². The number of benzene rings is 1. The molecule has 11 heteroatoms. The summed E-state index contributed by atoms with van der Waals surface area (Å²) in [5.41, 5.74) is 0.926. The smallest absolute Gasteiger partial charge is 0.339 e. The van der Waals surface area contributed by atoms with Gasteiger partial charge in [0.2, 0.25) is 5.88 Å². The number of aromatic carboxylic acids is 1. The number of hydrogen-bond donors (Lipinski definition) is 2. The fraction of sp³-hybridized carbons (Fsp3) is 0.158. The standard InChI is InChI=1S/C19H15FN4O4S2/c1-9-17(30-16(21-9)7-28-15-3-4-24(2)23-15)13-8-29-18(22-13)10-6-14(25)11(19(26)27)5-12(10)20/h3-6,8,25H,7H2,1-2H3,(H,26,27). The summed E-state index contributed by atoms with van der Waals surface area (Å²) < 4.78 is 21.7. The summed E-state index contributed by atoms with van der Waals surface area (Å²) in [6.07, 6.45) is 1.78. The van der Waals surface area contributed by atoms with Gasteiger partial charge in [-0.15, -0.1) is 27.8 Å². The molecule has 0 unspecified atom stereocenters. The Morgan fingerprint density at radius 1 is 1.33 bits per heavy atom. The van der Waals surface area contributed by atoms with E-state index in [9.17, 15) is 14.3 Å². The SMILES string of the molecule is Cc1nc(COc2ccn(C)n2)sc1-c1csc(-c2cc(O)c(C(=O)O)cc2F)n1. The van der Waals surface area contributed by atoms with Crippen molar-refractivity contribution in [3.05, 3.63) is 51.9 Å². The summed E-state index contributed by atoms with van der Waals surface area (Å²) in [5.74, 6) is -2.18. The predicted octanol–water partition coefficient (Wildman–Crippen LogP) is 4.10. The molecule has 8 nitrogen and oxygen atoms in total. The largest absolute Gasteiger partial charge is 0.507 e. The topological polar surface area (TPSA) is 110 Å². The highest BCUT2D eigenvalue weighted by atomic mass is 32.1. The number of carbonyl (C=O) groups is 1. The third kappa shape index (κ3) is 3.89. The Hall–Kier alpha value is -3.31. The van der Waals surface area contributed by atoms with Crippen LogP contribution in [-0.4, -0.2) is 35.9 Å². The van der Waals surface area contributed by atoms with Gasteiger partial charge in [-0.3, -0.25) is 4.68 Å². The maximum absolute atomic E-state index is 14.4. The Morgan fingerprint density at radius 2 is 2.13 bits per heavy atom. The number of nitrogens with zero attached hydrogens (tertiary/aromatic N) is 4. The van der Waals surface area contributed by atoms with Crippen LogP contribution in [0.3, 0.4) is 0 Å². The van der Waals surface area contributed by atoms with Crippen molar-refractivity contribution in [2.24, 2.45) is 7.05 Å². The molecule has 0 saturated carbocycles. The van der Waals surface area contributed by atoms with Crippen molar-refractivity contribution in [3.8, 4) is 32.8 Å². The Bertz CT molecular complexity index is 1250. The number of rotatable bonds is 6. The Kier molecular flexibility index (Phi) is 5.22. The highest BCUT2D eigenvalue weighted by molar-refractivity contribution is 7.16. The minimum absolute atomic E-state index is 0.0367. The second-order valence-electron chi connectivity index (χ2n) is 6.33. The number of hydrogen-bond acceptors (Lipinski definition) is 8. The van der Waals surface area contributed by atoms with Crippen LogP contribution in [0, 0.1) is 12.7 Å². The minimum atomic E-state index is -1.40. The van der Waals surface area contributed by atoms with Crippen LogP contribution in [0.1, 0.15) is 21.1 Å². The molecule has 154 valence electrons. The second-order valence-corrected chi connectivity index (χ2v) is 8.27. The van der Waals surface area contributed by atoms with Gasteiger partial charge in [-0.05, 0) is 19.1 Å². The van der Waals surface area contributed by atoms with E-state index in [0.717, 1.165) is 27.7 Å². The molecule has 30 heavy (non-hydrogen) atoms. The monoisotopic (exact) mass is 446 g/mol. The number of carboxylic acid groups (broad SMARTS) is 1. The van der Waals surface area contributed by atoms with Gasteiger partial charge in [0.25, 0.3) is 0 Å².